The van der Waals surface area contributed by atoms with E-state index in [-0.39, 0.29) is 17.9 Å². The van der Waals surface area contributed by atoms with E-state index < -0.39 is 0 Å². The van der Waals surface area contributed by atoms with Crippen molar-refractivity contribution < 1.29 is 4.79 Å². The lowest BCUT2D eigenvalue weighted by atomic mass is 9.95. The largest absolute Gasteiger partial charge is 0.292 e. The molecule has 0 unspecified atom stereocenters. The van der Waals surface area contributed by atoms with Crippen LogP contribution in [0.15, 0.2) is 83.7 Å². The average Bonchev–Trinajstić information content (AvgIpc) is 2.92. The van der Waals surface area contributed by atoms with Crippen LogP contribution in [0.25, 0.3) is 11.1 Å². The Hall–Kier alpha value is -4.30. The van der Waals surface area contributed by atoms with E-state index in [1.54, 1.807) is 25.1 Å². The van der Waals surface area contributed by atoms with Gasteiger partial charge in [0, 0.05) is 17.5 Å². The van der Waals surface area contributed by atoms with Crippen LogP contribution in [0, 0.1) is 18.3 Å². The molecule has 3 aromatic carbocycles. The van der Waals surface area contributed by atoms with Crippen molar-refractivity contribution in [2.75, 3.05) is 0 Å². The number of carbonyl (C=O) groups excluding carboxylic acids is 1. The minimum Gasteiger partial charge on any atom is -0.292 e. The number of hydrogen-bond donors (Lipinski definition) is 0. The van der Waals surface area contributed by atoms with Crippen LogP contribution < -0.4 is 5.56 Å². The van der Waals surface area contributed by atoms with Gasteiger partial charge in [-0.25, -0.2) is 4.98 Å². The highest BCUT2D eigenvalue weighted by Gasteiger charge is 2.18. The molecule has 0 aliphatic rings. The molecule has 0 aliphatic heterocycles. The van der Waals surface area contributed by atoms with Gasteiger partial charge in [-0.2, -0.15) is 5.26 Å². The van der Waals surface area contributed by atoms with Gasteiger partial charge < -0.3 is 0 Å². The SMILES string of the molecule is CCCCc1nc(C)n(CC(=O)c2ccccc2)c(=O)c1Cc1cccc(-c2ccccc2C#N)c1. The second-order valence-electron chi connectivity index (χ2n) is 8.90. The van der Waals surface area contributed by atoms with E-state index >= 15 is 0 Å². The van der Waals surface area contributed by atoms with Crippen LogP contribution in [0.4, 0.5) is 0 Å². The molecule has 1 aromatic heterocycles. The minimum absolute atomic E-state index is 0.0433. The van der Waals surface area contributed by atoms with Crippen molar-refractivity contribution in [3.8, 4) is 17.2 Å². The molecule has 0 saturated heterocycles. The molecule has 0 fully saturated rings. The number of ketones is 1. The molecule has 0 bridgehead atoms. The number of nitrogens with zero attached hydrogens (tertiary/aromatic N) is 3. The zero-order chi connectivity index (χ0) is 25.5. The minimum atomic E-state index is -0.166. The van der Waals surface area contributed by atoms with Crippen LogP contribution in [0.2, 0.25) is 0 Å². The summed E-state index contributed by atoms with van der Waals surface area (Å²) in [4.78, 5) is 31.4. The van der Waals surface area contributed by atoms with E-state index in [1.165, 1.54) is 4.57 Å². The Morgan fingerprint density at radius 2 is 1.75 bits per heavy atom. The van der Waals surface area contributed by atoms with Crippen molar-refractivity contribution in [2.24, 2.45) is 0 Å². The molecule has 0 aliphatic carbocycles. The standard InChI is InChI=1S/C31H29N3O2/c1-3-4-17-29-28(19-23-11-10-15-25(18-23)27-16-9-8-14-26(27)20-32)31(36)34(22(2)33-29)21-30(35)24-12-6-5-7-13-24/h5-16,18H,3-4,17,19,21H2,1-2H3. The highest BCUT2D eigenvalue weighted by Crippen LogP contribution is 2.25. The fourth-order valence-electron chi connectivity index (χ4n) is 4.42. The van der Waals surface area contributed by atoms with Gasteiger partial charge in [-0.3, -0.25) is 14.2 Å². The van der Waals surface area contributed by atoms with Crippen LogP contribution in [0.5, 0.6) is 0 Å². The number of aryl methyl sites for hydroxylation is 2. The van der Waals surface area contributed by atoms with E-state index in [0.717, 1.165) is 35.2 Å². The molecule has 0 spiro atoms. The third kappa shape index (κ3) is 5.50. The Morgan fingerprint density at radius 1 is 1.00 bits per heavy atom. The molecule has 180 valence electrons. The lowest BCUT2D eigenvalue weighted by Gasteiger charge is -2.16. The topological polar surface area (TPSA) is 75.8 Å². The molecule has 0 radical (unpaired) electrons. The predicted octanol–water partition coefficient (Wildman–Crippen LogP) is 5.91. The van der Waals surface area contributed by atoms with Crippen molar-refractivity contribution in [2.45, 2.75) is 46.1 Å². The van der Waals surface area contributed by atoms with E-state index in [0.29, 0.717) is 35.4 Å². The Morgan fingerprint density at radius 3 is 2.50 bits per heavy atom. The summed E-state index contributed by atoms with van der Waals surface area (Å²) >= 11 is 0. The van der Waals surface area contributed by atoms with Crippen molar-refractivity contribution in [3.63, 3.8) is 0 Å². The van der Waals surface area contributed by atoms with E-state index in [2.05, 4.69) is 13.0 Å². The number of Topliss-reactive ketones (excluding diaryl/α,β-unsaturated/α-hetero) is 1. The zero-order valence-electron chi connectivity index (χ0n) is 20.7. The fraction of sp³-hybridized carbons (Fsp3) is 0.226. The zero-order valence-corrected chi connectivity index (χ0v) is 20.7. The molecule has 0 saturated carbocycles. The van der Waals surface area contributed by atoms with Gasteiger partial charge in [-0.15, -0.1) is 0 Å². The second kappa shape index (κ2) is 11.4. The molecular weight excluding hydrogens is 446 g/mol. The van der Waals surface area contributed by atoms with Gasteiger partial charge >= 0.3 is 0 Å². The molecule has 0 amide bonds. The Kier molecular flexibility index (Phi) is 7.87. The first-order chi connectivity index (χ1) is 17.5. The second-order valence-corrected chi connectivity index (χ2v) is 8.90. The summed E-state index contributed by atoms with van der Waals surface area (Å²) in [6.07, 6.45) is 3.05. The Balaban J connectivity index is 1.73. The van der Waals surface area contributed by atoms with Gasteiger partial charge in [0.1, 0.15) is 5.82 Å². The molecule has 4 aromatic rings. The molecule has 5 heteroatoms. The number of carbonyl (C=O) groups is 1. The van der Waals surface area contributed by atoms with Gasteiger partial charge in [-0.05, 0) is 42.5 Å². The number of rotatable bonds is 9. The number of aromatic nitrogens is 2. The van der Waals surface area contributed by atoms with Gasteiger partial charge in [0.2, 0.25) is 0 Å². The predicted molar refractivity (Wildman–Crippen MR) is 142 cm³/mol. The molecular formula is C31H29N3O2. The van der Waals surface area contributed by atoms with Gasteiger partial charge in [0.15, 0.2) is 5.78 Å². The molecule has 4 rings (SSSR count). The summed E-state index contributed by atoms with van der Waals surface area (Å²) in [5, 5.41) is 9.52. The van der Waals surface area contributed by atoms with Crippen molar-refractivity contribution in [1.82, 2.24) is 9.55 Å². The number of unbranched alkanes of at least 4 members (excludes halogenated alkanes) is 1. The summed E-state index contributed by atoms with van der Waals surface area (Å²) in [6, 6.07) is 26.7. The monoisotopic (exact) mass is 475 g/mol. The lowest BCUT2D eigenvalue weighted by molar-refractivity contribution is 0.0969. The van der Waals surface area contributed by atoms with Crippen molar-refractivity contribution in [3.05, 3.63) is 123 Å². The van der Waals surface area contributed by atoms with Crippen LogP contribution in [-0.4, -0.2) is 15.3 Å². The highest BCUT2D eigenvalue weighted by atomic mass is 16.1. The number of hydrogen-bond acceptors (Lipinski definition) is 4. The molecule has 1 heterocycles. The maximum absolute atomic E-state index is 13.7. The fourth-order valence-corrected chi connectivity index (χ4v) is 4.42. The first-order valence-corrected chi connectivity index (χ1v) is 12.3. The van der Waals surface area contributed by atoms with E-state index in [9.17, 15) is 14.9 Å². The molecule has 0 N–H and O–H groups in total. The van der Waals surface area contributed by atoms with E-state index in [1.807, 2.05) is 60.7 Å². The maximum Gasteiger partial charge on any atom is 0.257 e. The van der Waals surface area contributed by atoms with Crippen molar-refractivity contribution >= 4 is 5.78 Å². The van der Waals surface area contributed by atoms with Crippen molar-refractivity contribution in [1.29, 1.82) is 5.26 Å². The number of nitriles is 1. The molecule has 36 heavy (non-hydrogen) atoms. The lowest BCUT2D eigenvalue weighted by Crippen LogP contribution is -2.32. The van der Waals surface area contributed by atoms with Crippen LogP contribution >= 0.6 is 0 Å². The summed E-state index contributed by atoms with van der Waals surface area (Å²) in [6.45, 7) is 3.86. The Bertz CT molecular complexity index is 1480. The summed E-state index contributed by atoms with van der Waals surface area (Å²) in [5.41, 5.74) is 5.19. The smallest absolute Gasteiger partial charge is 0.257 e. The average molecular weight is 476 g/mol. The Labute approximate surface area is 211 Å². The third-order valence-corrected chi connectivity index (χ3v) is 6.37. The molecule has 0 atom stereocenters. The quantitative estimate of drug-likeness (QED) is 0.282. The van der Waals surface area contributed by atoms with Crippen LogP contribution in [-0.2, 0) is 19.4 Å². The molecule has 5 nitrogen and oxygen atoms in total. The van der Waals surface area contributed by atoms with E-state index in [4.69, 9.17) is 4.98 Å². The third-order valence-electron chi connectivity index (χ3n) is 6.37. The summed E-state index contributed by atoms with van der Waals surface area (Å²) in [7, 11) is 0. The number of benzene rings is 3. The first-order valence-electron chi connectivity index (χ1n) is 12.3. The normalized spacial score (nSPS) is 10.7. The summed E-state index contributed by atoms with van der Waals surface area (Å²) in [5.74, 6) is 0.431. The van der Waals surface area contributed by atoms with Gasteiger partial charge in [-0.1, -0.05) is 86.1 Å². The highest BCUT2D eigenvalue weighted by molar-refractivity contribution is 5.95. The van der Waals surface area contributed by atoms with Crippen LogP contribution in [0.1, 0.15) is 58.3 Å². The van der Waals surface area contributed by atoms with Crippen LogP contribution in [0.3, 0.4) is 0 Å². The van der Waals surface area contributed by atoms with Gasteiger partial charge in [0.05, 0.1) is 23.9 Å². The first kappa shape index (κ1) is 24.8. The maximum atomic E-state index is 13.7. The van der Waals surface area contributed by atoms with Gasteiger partial charge in [0.25, 0.3) is 5.56 Å². The summed E-state index contributed by atoms with van der Waals surface area (Å²) < 4.78 is 1.49.